The predicted octanol–water partition coefficient (Wildman–Crippen LogP) is 2.93. The second-order valence-corrected chi connectivity index (χ2v) is 9.24. The predicted molar refractivity (Wildman–Crippen MR) is 84.2 cm³/mol. The first-order valence-corrected chi connectivity index (χ1v) is 9.21. The minimum Gasteiger partial charge on any atom is -0.393 e. The molecule has 0 radical (unpaired) electrons. The molecule has 4 fully saturated rings. The maximum Gasteiger partial charge on any atom is 0.136 e. The van der Waals surface area contributed by atoms with E-state index in [0.29, 0.717) is 17.6 Å². The molecule has 0 aromatic rings. The van der Waals surface area contributed by atoms with Crippen LogP contribution in [0.15, 0.2) is 0 Å². The van der Waals surface area contributed by atoms with Crippen LogP contribution in [-0.4, -0.2) is 28.2 Å². The average molecular weight is 306 g/mol. The van der Waals surface area contributed by atoms with Gasteiger partial charge < -0.3 is 10.2 Å². The van der Waals surface area contributed by atoms with Gasteiger partial charge in [0.1, 0.15) is 5.78 Å². The lowest BCUT2D eigenvalue weighted by molar-refractivity contribution is -0.150. The van der Waals surface area contributed by atoms with E-state index in [2.05, 4.69) is 13.8 Å². The Bertz CT molecular complexity index is 503. The molecule has 124 valence electrons. The van der Waals surface area contributed by atoms with Gasteiger partial charge in [0.15, 0.2) is 0 Å². The van der Waals surface area contributed by atoms with E-state index in [1.807, 2.05) is 0 Å². The molecular weight excluding hydrogens is 276 g/mol. The molecule has 3 heteroatoms. The fourth-order valence-electron chi connectivity index (χ4n) is 7.45. The standard InChI is InChI=1S/C19H30O3/c1-12-14-5-8-18-9-13(19(22,10-18)11-20)3-4-16(18)17(14,2)7-6-15(12)21/h12-14,16,20,22H,3-11H2,1-2H3/t12-,13+,14-,16+,17-,18-,19-/m0/s1. The molecule has 0 unspecified atom stereocenters. The first kappa shape index (κ1) is 15.1. The lowest BCUT2D eigenvalue weighted by Gasteiger charge is -2.61. The molecule has 2 bridgehead atoms. The zero-order valence-corrected chi connectivity index (χ0v) is 14.0. The zero-order chi connectivity index (χ0) is 15.8. The van der Waals surface area contributed by atoms with E-state index in [4.69, 9.17) is 0 Å². The van der Waals surface area contributed by atoms with Gasteiger partial charge in [-0.1, -0.05) is 13.8 Å². The third kappa shape index (κ3) is 1.73. The topological polar surface area (TPSA) is 57.5 Å². The van der Waals surface area contributed by atoms with Crippen molar-refractivity contribution in [1.29, 1.82) is 0 Å². The van der Waals surface area contributed by atoms with Gasteiger partial charge in [0.05, 0.1) is 12.2 Å². The van der Waals surface area contributed by atoms with Crippen LogP contribution in [-0.2, 0) is 4.79 Å². The lowest BCUT2D eigenvalue weighted by Crippen LogP contribution is -2.55. The quantitative estimate of drug-likeness (QED) is 0.783. The number of carbonyl (C=O) groups is 1. The second kappa shape index (κ2) is 4.57. The fraction of sp³-hybridized carbons (Fsp3) is 0.947. The van der Waals surface area contributed by atoms with Gasteiger partial charge in [-0.3, -0.25) is 4.79 Å². The highest BCUT2D eigenvalue weighted by Crippen LogP contribution is 2.71. The van der Waals surface area contributed by atoms with Crippen LogP contribution in [0, 0.1) is 34.5 Å². The summed E-state index contributed by atoms with van der Waals surface area (Å²) in [5, 5.41) is 20.6. The highest BCUT2D eigenvalue weighted by Gasteiger charge is 2.66. The van der Waals surface area contributed by atoms with Gasteiger partial charge in [-0.25, -0.2) is 0 Å². The van der Waals surface area contributed by atoms with Crippen molar-refractivity contribution in [2.75, 3.05) is 6.61 Å². The van der Waals surface area contributed by atoms with Gasteiger partial charge in [0.2, 0.25) is 0 Å². The van der Waals surface area contributed by atoms with Crippen molar-refractivity contribution in [2.24, 2.45) is 34.5 Å². The van der Waals surface area contributed by atoms with Crippen molar-refractivity contribution in [2.45, 2.75) is 70.8 Å². The summed E-state index contributed by atoms with van der Waals surface area (Å²) in [6.07, 6.45) is 8.18. The summed E-state index contributed by atoms with van der Waals surface area (Å²) in [6.45, 7) is 4.50. The number of aliphatic hydroxyl groups is 2. The van der Waals surface area contributed by atoms with E-state index in [1.165, 1.54) is 6.42 Å². The van der Waals surface area contributed by atoms with Gasteiger partial charge in [0, 0.05) is 12.3 Å². The first-order chi connectivity index (χ1) is 10.3. The van der Waals surface area contributed by atoms with E-state index < -0.39 is 5.60 Å². The number of hydrogen-bond donors (Lipinski definition) is 2. The van der Waals surface area contributed by atoms with Crippen molar-refractivity contribution in [3.05, 3.63) is 0 Å². The Morgan fingerprint density at radius 2 is 2.00 bits per heavy atom. The molecule has 4 aliphatic rings. The number of fused-ring (bicyclic) bond motifs is 3. The van der Waals surface area contributed by atoms with E-state index in [0.717, 1.165) is 44.9 Å². The molecule has 4 aliphatic carbocycles. The summed E-state index contributed by atoms with van der Waals surface area (Å²) in [4.78, 5) is 12.2. The highest BCUT2D eigenvalue weighted by molar-refractivity contribution is 5.82. The number of ketones is 1. The molecular formula is C19H30O3. The molecule has 0 saturated heterocycles. The molecule has 0 aromatic carbocycles. The van der Waals surface area contributed by atoms with Crippen LogP contribution in [0.4, 0.5) is 0 Å². The summed E-state index contributed by atoms with van der Waals surface area (Å²) in [5.41, 5.74) is -0.350. The van der Waals surface area contributed by atoms with Crippen LogP contribution in [0.1, 0.15) is 65.2 Å². The fourth-order valence-corrected chi connectivity index (χ4v) is 7.45. The van der Waals surface area contributed by atoms with Crippen LogP contribution in [0.3, 0.4) is 0 Å². The van der Waals surface area contributed by atoms with Crippen LogP contribution in [0.2, 0.25) is 0 Å². The number of hydrogen-bond acceptors (Lipinski definition) is 3. The van der Waals surface area contributed by atoms with Crippen molar-refractivity contribution in [3.63, 3.8) is 0 Å². The van der Waals surface area contributed by atoms with Gasteiger partial charge in [-0.15, -0.1) is 0 Å². The average Bonchev–Trinajstić information content (AvgIpc) is 2.71. The minimum absolute atomic E-state index is 0.0822. The Labute approximate surface area is 133 Å². The highest BCUT2D eigenvalue weighted by atomic mass is 16.3. The van der Waals surface area contributed by atoms with E-state index in [-0.39, 0.29) is 29.3 Å². The SMILES string of the molecule is C[C@@H]1C(=O)CC[C@@]2(C)[C@H]1CC[C@@]13C[C@@H](CC[C@@H]12)[C@@](O)(CO)C3. The van der Waals surface area contributed by atoms with Crippen molar-refractivity contribution in [1.82, 2.24) is 0 Å². The van der Waals surface area contributed by atoms with Crippen LogP contribution in [0.25, 0.3) is 0 Å². The van der Waals surface area contributed by atoms with E-state index in [1.54, 1.807) is 0 Å². The Kier molecular flexibility index (Phi) is 3.14. The van der Waals surface area contributed by atoms with Gasteiger partial charge in [0.25, 0.3) is 0 Å². The number of carbonyl (C=O) groups excluding carboxylic acids is 1. The van der Waals surface area contributed by atoms with Gasteiger partial charge in [-0.2, -0.15) is 0 Å². The van der Waals surface area contributed by atoms with Crippen molar-refractivity contribution < 1.29 is 15.0 Å². The van der Waals surface area contributed by atoms with Crippen molar-refractivity contribution in [3.8, 4) is 0 Å². The van der Waals surface area contributed by atoms with Crippen LogP contribution < -0.4 is 0 Å². The molecule has 4 saturated carbocycles. The molecule has 0 amide bonds. The van der Waals surface area contributed by atoms with E-state index in [9.17, 15) is 15.0 Å². The zero-order valence-electron chi connectivity index (χ0n) is 14.0. The first-order valence-electron chi connectivity index (χ1n) is 9.21. The molecule has 0 aromatic heterocycles. The molecule has 0 heterocycles. The van der Waals surface area contributed by atoms with Crippen LogP contribution in [0.5, 0.6) is 0 Å². The van der Waals surface area contributed by atoms with Gasteiger partial charge in [-0.05, 0) is 73.5 Å². The molecule has 0 aliphatic heterocycles. The summed E-state index contributed by atoms with van der Waals surface area (Å²) < 4.78 is 0. The van der Waals surface area contributed by atoms with Crippen LogP contribution >= 0.6 is 0 Å². The summed E-state index contributed by atoms with van der Waals surface area (Å²) in [6, 6.07) is 0. The number of rotatable bonds is 1. The largest absolute Gasteiger partial charge is 0.393 e. The van der Waals surface area contributed by atoms with E-state index >= 15 is 0 Å². The molecule has 1 spiro atoms. The Balaban J connectivity index is 1.70. The molecule has 7 atom stereocenters. The smallest absolute Gasteiger partial charge is 0.136 e. The van der Waals surface area contributed by atoms with Gasteiger partial charge >= 0.3 is 0 Å². The third-order valence-electron chi connectivity index (χ3n) is 8.51. The normalized spacial score (nSPS) is 57.4. The minimum atomic E-state index is -0.839. The molecule has 22 heavy (non-hydrogen) atoms. The lowest BCUT2D eigenvalue weighted by atomic mass is 9.43. The maximum absolute atomic E-state index is 12.2. The summed E-state index contributed by atoms with van der Waals surface area (Å²) >= 11 is 0. The molecule has 4 rings (SSSR count). The second-order valence-electron chi connectivity index (χ2n) is 9.24. The molecule has 3 nitrogen and oxygen atoms in total. The number of Topliss-reactive ketones (excluding diaryl/α,β-unsaturated/α-hetero) is 1. The molecule has 2 N–H and O–H groups in total. The van der Waals surface area contributed by atoms with Crippen molar-refractivity contribution >= 4 is 5.78 Å². The monoisotopic (exact) mass is 306 g/mol. The number of aliphatic hydroxyl groups excluding tert-OH is 1. The Morgan fingerprint density at radius 3 is 2.73 bits per heavy atom. The summed E-state index contributed by atoms with van der Waals surface area (Å²) in [7, 11) is 0. The third-order valence-corrected chi connectivity index (χ3v) is 8.51. The Hall–Kier alpha value is -0.410. The Morgan fingerprint density at radius 1 is 1.23 bits per heavy atom. The summed E-state index contributed by atoms with van der Waals surface area (Å²) in [5.74, 6) is 2.13. The maximum atomic E-state index is 12.2.